The second-order valence-electron chi connectivity index (χ2n) is 17.9. The number of anilines is 1. The molecule has 26 heteroatoms. The normalized spacial score (nSPS) is 12.2. The number of aliphatic hydroxyl groups is 1. The number of para-hydroxylation sites is 2. The topological polar surface area (TPSA) is 310 Å². The van der Waals surface area contributed by atoms with Gasteiger partial charge in [0.25, 0.3) is 32.0 Å². The van der Waals surface area contributed by atoms with Crippen LogP contribution in [0.15, 0.2) is 107 Å². The van der Waals surface area contributed by atoms with E-state index in [0.29, 0.717) is 52.7 Å². The molecule has 0 spiro atoms. The number of terminal acetylenes is 1. The van der Waals surface area contributed by atoms with Crippen LogP contribution in [-0.4, -0.2) is 105 Å². The molecule has 0 unspecified atom stereocenters. The molecule has 0 radical (unpaired) electrons. The summed E-state index contributed by atoms with van der Waals surface area (Å²) in [5.41, 5.74) is -0.432. The molecule has 1 aromatic heterocycles. The van der Waals surface area contributed by atoms with E-state index in [9.17, 15) is 77.1 Å². The maximum Gasteiger partial charge on any atom is 0.419 e. The number of nitriles is 1. The van der Waals surface area contributed by atoms with Gasteiger partial charge in [-0.3, -0.25) is 23.7 Å². The first-order valence-electron chi connectivity index (χ1n) is 24.7. The van der Waals surface area contributed by atoms with Crippen molar-refractivity contribution in [1.82, 2.24) is 14.9 Å². The van der Waals surface area contributed by atoms with Gasteiger partial charge in [-0.05, 0) is 80.5 Å². The number of carbonyl (C=O) groups is 4. The van der Waals surface area contributed by atoms with Crippen molar-refractivity contribution in [3.63, 3.8) is 0 Å². The Kier molecular flexibility index (Phi) is 22.3. The van der Waals surface area contributed by atoms with E-state index in [4.69, 9.17) is 11.2 Å². The van der Waals surface area contributed by atoms with Crippen LogP contribution in [0.1, 0.15) is 85.7 Å². The summed E-state index contributed by atoms with van der Waals surface area (Å²) < 4.78 is 145. The Labute approximate surface area is 455 Å². The number of carbonyl (C=O) groups excluding carboxylic acids is 4. The number of sulfonamides is 1. The van der Waals surface area contributed by atoms with Gasteiger partial charge in [0.15, 0.2) is 12.1 Å². The number of nitrogens with one attached hydrogen (secondary N) is 3. The number of alkyl halides is 3. The average Bonchev–Trinajstić information content (AvgIpc) is 3.58. The number of aryl methyl sites for hydroxylation is 2. The summed E-state index contributed by atoms with van der Waals surface area (Å²) in [6.07, 6.45) is 1.61. The highest BCUT2D eigenvalue weighted by molar-refractivity contribution is 7.89. The Morgan fingerprint density at radius 2 is 1.38 bits per heavy atom. The number of nitrogens with zero attached hydrogens (tertiary/aromatic N) is 3. The molecule has 0 aliphatic rings. The summed E-state index contributed by atoms with van der Waals surface area (Å²) in [5.74, 6) is -3.11. The number of aliphatic hydroxyl groups excluding tert-OH is 1. The third-order valence-electron chi connectivity index (χ3n) is 12.0. The predicted octanol–water partition coefficient (Wildman–Crippen LogP) is 6.23. The number of amides is 4. The second kappa shape index (κ2) is 28.3. The third-order valence-corrected chi connectivity index (χ3v) is 15.4. The van der Waals surface area contributed by atoms with Crippen molar-refractivity contribution in [3.05, 3.63) is 119 Å². The number of pyridine rings is 1. The number of fused-ring (bicyclic) bond motifs is 2. The van der Waals surface area contributed by atoms with Crippen LogP contribution in [0.2, 0.25) is 0 Å². The molecule has 0 fully saturated rings. The summed E-state index contributed by atoms with van der Waals surface area (Å²) in [6, 6.07) is 22.7. The molecule has 0 saturated heterocycles. The molecular weight excluding hydrogens is 1100 g/mol. The van der Waals surface area contributed by atoms with Crippen LogP contribution in [0.3, 0.4) is 0 Å². The molecule has 5 aromatic rings. The molecule has 0 saturated carbocycles. The minimum atomic E-state index is -4.79. The molecule has 0 atom stereocenters. The fourth-order valence-corrected chi connectivity index (χ4v) is 10.7. The molecule has 0 bridgehead atoms. The van der Waals surface area contributed by atoms with Crippen LogP contribution >= 0.6 is 0 Å². The van der Waals surface area contributed by atoms with Crippen molar-refractivity contribution in [3.8, 4) is 24.2 Å². The molecule has 79 heavy (non-hydrogen) atoms. The lowest BCUT2D eigenvalue weighted by molar-refractivity contribution is -0.645. The van der Waals surface area contributed by atoms with Gasteiger partial charge in [0.05, 0.1) is 49.3 Å². The van der Waals surface area contributed by atoms with E-state index in [1.807, 2.05) is 0 Å². The minimum absolute atomic E-state index is 0.0427. The Hall–Kier alpha value is -7.62. The monoisotopic (exact) mass is 1150 g/mol. The van der Waals surface area contributed by atoms with E-state index in [2.05, 4.69) is 21.9 Å². The van der Waals surface area contributed by atoms with E-state index >= 15 is 0 Å². The van der Waals surface area contributed by atoms with Gasteiger partial charge in [0.2, 0.25) is 22.8 Å². The number of hydrogen-bond donors (Lipinski definition) is 5. The molecule has 5 N–H and O–H groups in total. The van der Waals surface area contributed by atoms with Gasteiger partial charge in [-0.25, -0.2) is 21.1 Å². The average molecular weight is 1160 g/mol. The minimum Gasteiger partial charge on any atom is -0.748 e. The van der Waals surface area contributed by atoms with Gasteiger partial charge >= 0.3 is 6.18 Å². The lowest BCUT2D eigenvalue weighted by atomic mass is 10.0. The van der Waals surface area contributed by atoms with Crippen LogP contribution < -0.4 is 25.3 Å². The Balaban J connectivity index is 1.09. The zero-order valence-corrected chi connectivity index (χ0v) is 44.9. The SMILES string of the molecule is C#CCC/C(O)=C(\C#N)C(=O)Nc1ccc(C(F)(F)F)c(OCCCCCC(=O)NCCNC(=O)CCCc2ccc(S(=O)(=O)N(CCCS(=O)(=O)O)C(=O)c3c4ccccc4[n+](CCCS(=O)(=O)[O-])c4ccccc34)cc2)c1. The van der Waals surface area contributed by atoms with Crippen molar-refractivity contribution in [2.24, 2.45) is 0 Å². The van der Waals surface area contributed by atoms with Crippen LogP contribution in [0.4, 0.5) is 18.9 Å². The van der Waals surface area contributed by atoms with E-state index in [0.717, 1.165) is 12.1 Å². The Morgan fingerprint density at radius 1 is 0.772 bits per heavy atom. The lowest BCUT2D eigenvalue weighted by Gasteiger charge is -2.24. The highest BCUT2D eigenvalue weighted by atomic mass is 32.2. The zero-order chi connectivity index (χ0) is 58.0. The van der Waals surface area contributed by atoms with Crippen LogP contribution in [-0.2, 0) is 63.8 Å². The van der Waals surface area contributed by atoms with E-state index in [1.165, 1.54) is 24.3 Å². The molecule has 20 nitrogen and oxygen atoms in total. The first-order chi connectivity index (χ1) is 37.3. The van der Waals surface area contributed by atoms with E-state index in [1.54, 1.807) is 59.2 Å². The highest BCUT2D eigenvalue weighted by Gasteiger charge is 2.36. The lowest BCUT2D eigenvalue weighted by Crippen LogP contribution is -2.41. The number of hydrogen-bond acceptors (Lipinski definition) is 14. The fourth-order valence-electron chi connectivity index (χ4n) is 8.28. The van der Waals surface area contributed by atoms with Crippen LogP contribution in [0.25, 0.3) is 21.8 Å². The number of unbranched alkanes of at least 4 members (excludes halogenated alkanes) is 2. The third kappa shape index (κ3) is 18.5. The summed E-state index contributed by atoms with van der Waals surface area (Å²) in [5, 5.41) is 27.5. The Bertz CT molecular complexity index is 3450. The smallest absolute Gasteiger partial charge is 0.419 e. The van der Waals surface area contributed by atoms with Gasteiger partial charge in [0.1, 0.15) is 17.6 Å². The second-order valence-corrected chi connectivity index (χ2v) is 22.8. The van der Waals surface area contributed by atoms with Crippen molar-refractivity contribution < 1.29 is 81.1 Å². The molecule has 0 aliphatic carbocycles. The number of ether oxygens (including phenoxy) is 1. The predicted molar refractivity (Wildman–Crippen MR) is 283 cm³/mol. The van der Waals surface area contributed by atoms with E-state index in [-0.39, 0.29) is 103 Å². The van der Waals surface area contributed by atoms with E-state index < -0.39 is 95.4 Å². The molecule has 422 valence electrons. The highest BCUT2D eigenvalue weighted by Crippen LogP contribution is 2.38. The number of benzene rings is 4. The number of halogens is 3. The molecular formula is C53H57F3N6O14S3. The molecule has 1 heterocycles. The summed E-state index contributed by atoms with van der Waals surface area (Å²) in [7, 11) is -13.8. The molecule has 5 rings (SSSR count). The van der Waals surface area contributed by atoms with Gasteiger partial charge in [-0.1, -0.05) is 36.4 Å². The maximum atomic E-state index is 14.7. The van der Waals surface area contributed by atoms with Crippen LogP contribution in [0.5, 0.6) is 5.75 Å². The van der Waals surface area contributed by atoms with Crippen LogP contribution in [0, 0.1) is 23.7 Å². The van der Waals surface area contributed by atoms with Gasteiger partial charge in [0, 0.05) is 81.4 Å². The standard InChI is InChI=1S/C53H57F3N6O14S3/c1-2-3-19-46(63)42(36-57)51(66)60-38-24-27-43(53(54,55)56)47(35-38)76-32-10-4-5-20-48(64)58-28-29-59-49(65)21-11-14-37-22-25-39(26-23-37)79(74,75)62(31-13-34-78(71,72)73)52(67)50-40-15-6-8-17-44(40)61(30-12-33-77(68,69)70)45-18-9-7-16-41(45)50/h1,6-9,15-18,22-27,35H,3-5,10-14,19-21,28-34H2,(H5-,58,59,60,63,64,65,66,68,69,70,71,72,73). The molecule has 0 aliphatic heterocycles. The zero-order valence-electron chi connectivity index (χ0n) is 42.5. The van der Waals surface area contributed by atoms with Crippen molar-refractivity contribution >= 4 is 81.4 Å². The fraction of sp³-hybridized carbons (Fsp3) is 0.358. The number of aromatic nitrogens is 1. The maximum absolute atomic E-state index is 14.7. The molecule has 4 aromatic carbocycles. The number of allylic oxidation sites excluding steroid dienone is 1. The van der Waals surface area contributed by atoms with Crippen molar-refractivity contribution in [1.29, 1.82) is 5.26 Å². The summed E-state index contributed by atoms with van der Waals surface area (Å²) in [4.78, 5) is 52.0. The van der Waals surface area contributed by atoms with Gasteiger partial charge < -0.3 is 30.3 Å². The van der Waals surface area contributed by atoms with Gasteiger partial charge in [-0.15, -0.1) is 12.3 Å². The quantitative estimate of drug-likeness (QED) is 0.00518. The van der Waals surface area contributed by atoms with Crippen molar-refractivity contribution in [2.75, 3.05) is 43.1 Å². The Morgan fingerprint density at radius 3 is 1.95 bits per heavy atom. The number of rotatable bonds is 29. The summed E-state index contributed by atoms with van der Waals surface area (Å²) in [6.45, 7) is -0.531. The first kappa shape index (κ1) is 62.2. The largest absolute Gasteiger partial charge is 0.748 e. The van der Waals surface area contributed by atoms with Gasteiger partial charge in [-0.2, -0.15) is 31.4 Å². The first-order valence-corrected chi connectivity index (χ1v) is 29.3. The summed E-state index contributed by atoms with van der Waals surface area (Å²) >= 11 is 0. The van der Waals surface area contributed by atoms with Crippen molar-refractivity contribution in [2.45, 2.75) is 88.2 Å². The molecule has 4 amide bonds.